The second kappa shape index (κ2) is 10.1. The Bertz CT molecular complexity index is 1730. The third-order valence-corrected chi connectivity index (χ3v) is 6.88. The first-order valence-electron chi connectivity index (χ1n) is 12.5. The number of ether oxygens (including phenoxy) is 2. The summed E-state index contributed by atoms with van der Waals surface area (Å²) in [6, 6.07) is 27.3. The predicted octanol–water partition coefficient (Wildman–Crippen LogP) is 6.52. The van der Waals surface area contributed by atoms with Crippen molar-refractivity contribution < 1.29 is 23.1 Å². The zero-order valence-corrected chi connectivity index (χ0v) is 21.1. The summed E-state index contributed by atoms with van der Waals surface area (Å²) in [7, 11) is 1.61. The first-order chi connectivity index (χ1) is 19.0. The van der Waals surface area contributed by atoms with Gasteiger partial charge in [0.15, 0.2) is 5.43 Å². The molecule has 0 spiro atoms. The summed E-state index contributed by atoms with van der Waals surface area (Å²) >= 11 is 0. The molecule has 4 aromatic carbocycles. The van der Waals surface area contributed by atoms with E-state index in [-0.39, 0.29) is 28.2 Å². The van der Waals surface area contributed by atoms with Crippen molar-refractivity contribution in [1.82, 2.24) is 4.90 Å². The van der Waals surface area contributed by atoms with Crippen LogP contribution in [0.4, 0.5) is 4.39 Å². The number of halogens is 1. The molecule has 0 radical (unpaired) electrons. The van der Waals surface area contributed by atoms with Crippen LogP contribution in [0.15, 0.2) is 106 Å². The Morgan fingerprint density at radius 1 is 0.846 bits per heavy atom. The molecule has 6 nitrogen and oxygen atoms in total. The van der Waals surface area contributed by atoms with E-state index in [1.807, 2.05) is 78.9 Å². The van der Waals surface area contributed by atoms with Gasteiger partial charge in [0.05, 0.1) is 24.1 Å². The van der Waals surface area contributed by atoms with Crippen molar-refractivity contribution in [3.8, 4) is 17.2 Å². The van der Waals surface area contributed by atoms with Gasteiger partial charge in [-0.05, 0) is 72.1 Å². The number of carbonyl (C=O) groups excluding carboxylic acids is 1. The van der Waals surface area contributed by atoms with Crippen LogP contribution in [-0.4, -0.2) is 24.5 Å². The highest BCUT2D eigenvalue weighted by atomic mass is 19.1. The fourth-order valence-electron chi connectivity index (χ4n) is 4.98. The number of para-hydroxylation sites is 1. The number of hydrogen-bond acceptors (Lipinski definition) is 5. The molecular formula is C32H24FNO5. The average Bonchev–Trinajstić information content (AvgIpc) is 3.24. The lowest BCUT2D eigenvalue weighted by Gasteiger charge is -2.25. The minimum Gasteiger partial charge on any atom is -0.497 e. The number of fused-ring (bicyclic) bond motifs is 2. The Kier molecular flexibility index (Phi) is 6.32. The van der Waals surface area contributed by atoms with Gasteiger partial charge in [-0.25, -0.2) is 4.39 Å². The fourth-order valence-corrected chi connectivity index (χ4v) is 4.98. The molecule has 0 saturated heterocycles. The summed E-state index contributed by atoms with van der Waals surface area (Å²) in [5.74, 6) is 1.01. The first kappa shape index (κ1) is 24.4. The van der Waals surface area contributed by atoms with Crippen molar-refractivity contribution in [2.24, 2.45) is 0 Å². The van der Waals surface area contributed by atoms with E-state index in [0.29, 0.717) is 30.0 Å². The number of carbonyl (C=O) groups is 1. The van der Waals surface area contributed by atoms with E-state index >= 15 is 0 Å². The van der Waals surface area contributed by atoms with Gasteiger partial charge in [0.1, 0.15) is 28.6 Å². The summed E-state index contributed by atoms with van der Waals surface area (Å²) in [4.78, 5) is 29.1. The standard InChI is InChI=1S/C32H24FNO5/c1-37-23-13-10-20(11-14-23)16-17-34-29(21-6-5-9-25(18-21)38-24-7-3-2-4-8-24)28-30(35)26-19-22(33)12-15-27(26)39-31(28)32(34)36/h2-15,18-19,29H,16-17H2,1H3. The smallest absolute Gasteiger partial charge is 0.290 e. The van der Waals surface area contributed by atoms with Gasteiger partial charge < -0.3 is 18.8 Å². The molecule has 1 amide bonds. The molecule has 1 aliphatic rings. The van der Waals surface area contributed by atoms with Crippen LogP contribution in [0.25, 0.3) is 11.0 Å². The average molecular weight is 522 g/mol. The maximum atomic E-state index is 14.1. The Hall–Kier alpha value is -4.91. The molecule has 1 aromatic heterocycles. The summed E-state index contributed by atoms with van der Waals surface area (Å²) in [5, 5.41) is 0.0974. The maximum absolute atomic E-state index is 14.1. The minimum absolute atomic E-state index is 0.0202. The molecule has 7 heteroatoms. The van der Waals surface area contributed by atoms with Gasteiger partial charge in [0.25, 0.3) is 5.91 Å². The lowest BCUT2D eigenvalue weighted by Crippen LogP contribution is -2.31. The molecule has 0 saturated carbocycles. The summed E-state index contributed by atoms with van der Waals surface area (Å²) in [6.45, 7) is 0.327. The van der Waals surface area contributed by atoms with E-state index in [1.54, 1.807) is 12.0 Å². The van der Waals surface area contributed by atoms with Crippen LogP contribution >= 0.6 is 0 Å². The highest BCUT2D eigenvalue weighted by Crippen LogP contribution is 2.39. The molecule has 5 aromatic rings. The summed E-state index contributed by atoms with van der Waals surface area (Å²) in [6.07, 6.45) is 0.544. The first-order valence-corrected chi connectivity index (χ1v) is 12.5. The van der Waals surface area contributed by atoms with Crippen LogP contribution < -0.4 is 14.9 Å². The largest absolute Gasteiger partial charge is 0.497 e. The van der Waals surface area contributed by atoms with Crippen LogP contribution in [0.2, 0.25) is 0 Å². The molecule has 0 N–H and O–H groups in total. The molecule has 1 aliphatic heterocycles. The van der Waals surface area contributed by atoms with E-state index in [1.165, 1.54) is 12.1 Å². The van der Waals surface area contributed by atoms with Crippen molar-refractivity contribution in [3.05, 3.63) is 136 Å². The quantitative estimate of drug-likeness (QED) is 0.244. The second-order valence-electron chi connectivity index (χ2n) is 9.30. The number of amides is 1. The van der Waals surface area contributed by atoms with Gasteiger partial charge in [0.2, 0.25) is 5.76 Å². The highest BCUT2D eigenvalue weighted by molar-refractivity contribution is 5.99. The molecule has 6 rings (SSSR count). The van der Waals surface area contributed by atoms with E-state index in [4.69, 9.17) is 13.9 Å². The number of hydrogen-bond donors (Lipinski definition) is 0. The van der Waals surface area contributed by atoms with Crippen molar-refractivity contribution >= 4 is 16.9 Å². The van der Waals surface area contributed by atoms with E-state index < -0.39 is 17.3 Å². The Balaban J connectivity index is 1.43. The molecule has 39 heavy (non-hydrogen) atoms. The van der Waals surface area contributed by atoms with Crippen LogP contribution in [0, 0.1) is 5.82 Å². The van der Waals surface area contributed by atoms with Crippen LogP contribution in [0.3, 0.4) is 0 Å². The minimum atomic E-state index is -0.728. The summed E-state index contributed by atoms with van der Waals surface area (Å²) in [5.41, 5.74) is 1.64. The van der Waals surface area contributed by atoms with Crippen LogP contribution in [0.5, 0.6) is 17.2 Å². The molecule has 1 unspecified atom stereocenters. The van der Waals surface area contributed by atoms with Gasteiger partial charge in [0, 0.05) is 6.54 Å². The van der Waals surface area contributed by atoms with Gasteiger partial charge in [-0.3, -0.25) is 9.59 Å². The molecule has 0 fully saturated rings. The van der Waals surface area contributed by atoms with Crippen molar-refractivity contribution in [2.45, 2.75) is 12.5 Å². The zero-order chi connectivity index (χ0) is 26.9. The van der Waals surface area contributed by atoms with Crippen LogP contribution in [-0.2, 0) is 6.42 Å². The lowest BCUT2D eigenvalue weighted by atomic mass is 9.98. The SMILES string of the molecule is COc1ccc(CCN2C(=O)c3oc4ccc(F)cc4c(=O)c3C2c2cccc(Oc3ccccc3)c2)cc1. The fraction of sp³-hybridized carbons (Fsp3) is 0.125. The molecule has 2 heterocycles. The maximum Gasteiger partial charge on any atom is 0.290 e. The van der Waals surface area contributed by atoms with Gasteiger partial charge >= 0.3 is 0 Å². The second-order valence-corrected chi connectivity index (χ2v) is 9.30. The van der Waals surface area contributed by atoms with E-state index in [0.717, 1.165) is 17.4 Å². The van der Waals surface area contributed by atoms with Gasteiger partial charge in [-0.1, -0.05) is 42.5 Å². The zero-order valence-electron chi connectivity index (χ0n) is 21.1. The molecular weight excluding hydrogens is 497 g/mol. The number of nitrogens with zero attached hydrogens (tertiary/aromatic N) is 1. The monoisotopic (exact) mass is 521 g/mol. The number of benzene rings is 4. The predicted molar refractivity (Wildman–Crippen MR) is 145 cm³/mol. The van der Waals surface area contributed by atoms with E-state index in [9.17, 15) is 14.0 Å². The van der Waals surface area contributed by atoms with Crippen molar-refractivity contribution in [3.63, 3.8) is 0 Å². The topological polar surface area (TPSA) is 69.0 Å². The highest BCUT2D eigenvalue weighted by Gasteiger charge is 2.42. The van der Waals surface area contributed by atoms with Crippen molar-refractivity contribution in [1.29, 1.82) is 0 Å². The molecule has 194 valence electrons. The third kappa shape index (κ3) is 4.63. The van der Waals surface area contributed by atoms with E-state index in [2.05, 4.69) is 0 Å². The number of rotatable bonds is 7. The Labute approximate surface area is 223 Å². The van der Waals surface area contributed by atoms with Crippen LogP contribution in [0.1, 0.15) is 33.3 Å². The molecule has 0 aliphatic carbocycles. The normalized spacial score (nSPS) is 14.5. The Morgan fingerprint density at radius 2 is 1.62 bits per heavy atom. The third-order valence-electron chi connectivity index (χ3n) is 6.88. The van der Waals surface area contributed by atoms with Gasteiger partial charge in [-0.2, -0.15) is 0 Å². The lowest BCUT2D eigenvalue weighted by molar-refractivity contribution is 0.0730. The summed E-state index contributed by atoms with van der Waals surface area (Å²) < 4.78 is 31.3. The molecule has 1 atom stereocenters. The molecule has 0 bridgehead atoms. The Morgan fingerprint density at radius 3 is 2.38 bits per heavy atom. The van der Waals surface area contributed by atoms with Crippen molar-refractivity contribution in [2.75, 3.05) is 13.7 Å². The van der Waals surface area contributed by atoms with Gasteiger partial charge in [-0.15, -0.1) is 0 Å². The number of methoxy groups -OCH3 is 1.